The highest BCUT2D eigenvalue weighted by atomic mass is 15.5. The van der Waals surface area contributed by atoms with E-state index in [1.165, 1.54) is 0 Å². The van der Waals surface area contributed by atoms with Crippen molar-refractivity contribution in [2.45, 2.75) is 12.1 Å². The summed E-state index contributed by atoms with van der Waals surface area (Å²) in [5, 5.41) is 7.55. The molecule has 2 aliphatic rings. The first-order valence-electron chi connectivity index (χ1n) is 2.82. The first kappa shape index (κ1) is 4.67. The third-order valence-electron chi connectivity index (χ3n) is 1.38. The second kappa shape index (κ2) is 1.65. The van der Waals surface area contributed by atoms with Crippen molar-refractivity contribution in [3.63, 3.8) is 0 Å². The molecule has 0 fully saturated rings. The molecule has 4 nitrogen and oxygen atoms in total. The molecule has 0 saturated heterocycles. The van der Waals surface area contributed by atoms with Gasteiger partial charge in [-0.3, -0.25) is 10.4 Å². The molecule has 46 valence electrons. The van der Waals surface area contributed by atoms with Gasteiger partial charge in [-0.1, -0.05) is 5.22 Å². The van der Waals surface area contributed by atoms with E-state index in [0.29, 0.717) is 0 Å². The minimum absolute atomic E-state index is 0.183. The van der Waals surface area contributed by atoms with Gasteiger partial charge in [0.05, 0.1) is 0 Å². The van der Waals surface area contributed by atoms with Crippen molar-refractivity contribution in [2.24, 2.45) is 15.3 Å². The van der Waals surface area contributed by atoms with Gasteiger partial charge in [0.2, 0.25) is 0 Å². The van der Waals surface area contributed by atoms with Gasteiger partial charge >= 0.3 is 0 Å². The molecule has 0 saturated carbocycles. The molecule has 0 aliphatic carbocycles. The Balaban J connectivity index is 2.25. The van der Waals surface area contributed by atoms with Crippen molar-refractivity contribution >= 4 is 6.21 Å². The molecular formula is C5H6N4. The number of fused-ring (bicyclic) bond motifs is 1. The van der Waals surface area contributed by atoms with Crippen molar-refractivity contribution < 1.29 is 0 Å². The van der Waals surface area contributed by atoms with Crippen LogP contribution in [-0.4, -0.2) is 18.3 Å². The zero-order chi connectivity index (χ0) is 6.10. The first-order valence-corrected chi connectivity index (χ1v) is 2.82. The Bertz CT molecular complexity index is 193. The van der Waals surface area contributed by atoms with Gasteiger partial charge in [-0.05, 0) is 6.08 Å². The molecule has 9 heavy (non-hydrogen) atoms. The molecular weight excluding hydrogens is 116 g/mol. The first-order chi connectivity index (χ1) is 4.47. The second-order valence-corrected chi connectivity index (χ2v) is 2.00. The average Bonchev–Trinajstić information content (AvgIpc) is 2.33. The molecule has 0 bridgehead atoms. The van der Waals surface area contributed by atoms with Crippen molar-refractivity contribution in [1.29, 1.82) is 0 Å². The van der Waals surface area contributed by atoms with Crippen molar-refractivity contribution in [2.75, 3.05) is 0 Å². The highest BCUT2D eigenvalue weighted by Gasteiger charge is 2.22. The van der Waals surface area contributed by atoms with Crippen LogP contribution in [0.1, 0.15) is 0 Å². The molecule has 0 aromatic heterocycles. The van der Waals surface area contributed by atoms with Gasteiger partial charge in [-0.25, -0.2) is 0 Å². The Kier molecular flexibility index (Phi) is 0.855. The molecule has 0 amide bonds. The highest BCUT2D eigenvalue weighted by molar-refractivity contribution is 5.68. The quantitative estimate of drug-likeness (QED) is 0.493. The molecule has 2 heterocycles. The monoisotopic (exact) mass is 122 g/mol. The van der Waals surface area contributed by atoms with Gasteiger partial charge in [0, 0.05) is 12.4 Å². The largest absolute Gasteiger partial charge is 0.281 e. The van der Waals surface area contributed by atoms with Crippen LogP contribution in [0.3, 0.4) is 0 Å². The lowest BCUT2D eigenvalue weighted by atomic mass is 10.1. The summed E-state index contributed by atoms with van der Waals surface area (Å²) in [4.78, 5) is 3.93. The van der Waals surface area contributed by atoms with E-state index in [9.17, 15) is 0 Å². The average molecular weight is 122 g/mol. The Labute approximate surface area is 52.4 Å². The van der Waals surface area contributed by atoms with Gasteiger partial charge in [-0.15, -0.1) is 0 Å². The zero-order valence-corrected chi connectivity index (χ0v) is 4.73. The van der Waals surface area contributed by atoms with E-state index in [4.69, 9.17) is 0 Å². The summed E-state index contributed by atoms with van der Waals surface area (Å²) in [6.07, 6.45) is 5.48. The fourth-order valence-corrected chi connectivity index (χ4v) is 0.875. The summed E-state index contributed by atoms with van der Waals surface area (Å²) < 4.78 is 0. The molecule has 0 aromatic rings. The molecule has 2 unspecified atom stereocenters. The van der Waals surface area contributed by atoms with Crippen molar-refractivity contribution in [1.82, 2.24) is 5.43 Å². The van der Waals surface area contributed by atoms with E-state index < -0.39 is 0 Å². The van der Waals surface area contributed by atoms with E-state index >= 15 is 0 Å². The van der Waals surface area contributed by atoms with Crippen LogP contribution in [0, 0.1) is 0 Å². The minimum atomic E-state index is 0.183. The Morgan fingerprint density at radius 1 is 1.44 bits per heavy atom. The Hall–Kier alpha value is -1.19. The number of nitrogens with one attached hydrogen (secondary N) is 1. The maximum Gasteiger partial charge on any atom is 0.120 e. The van der Waals surface area contributed by atoms with Gasteiger partial charge in [0.1, 0.15) is 12.1 Å². The normalized spacial score (nSPS) is 36.4. The van der Waals surface area contributed by atoms with E-state index in [0.717, 1.165) is 0 Å². The van der Waals surface area contributed by atoms with Crippen molar-refractivity contribution in [3.8, 4) is 0 Å². The summed E-state index contributed by atoms with van der Waals surface area (Å²) in [5.74, 6) is 0. The summed E-state index contributed by atoms with van der Waals surface area (Å²) in [6.45, 7) is 0. The molecule has 1 N–H and O–H groups in total. The fourth-order valence-electron chi connectivity index (χ4n) is 0.875. The summed E-state index contributed by atoms with van der Waals surface area (Å²) in [5.41, 5.74) is 2.82. The SMILES string of the molecule is C1=CC2N=NNC2C=N1. The van der Waals surface area contributed by atoms with Gasteiger partial charge in [-0.2, -0.15) is 5.11 Å². The summed E-state index contributed by atoms with van der Waals surface area (Å²) >= 11 is 0. The predicted octanol–water partition coefficient (Wildman–Crippen LogP) is 0.292. The number of rotatable bonds is 0. The lowest BCUT2D eigenvalue weighted by Gasteiger charge is -2.08. The molecule has 4 heteroatoms. The Morgan fingerprint density at radius 3 is 3.33 bits per heavy atom. The molecule has 0 spiro atoms. The van der Waals surface area contributed by atoms with Crippen LogP contribution in [0.2, 0.25) is 0 Å². The smallest absolute Gasteiger partial charge is 0.120 e. The van der Waals surface area contributed by atoms with Crippen LogP contribution in [0.15, 0.2) is 27.6 Å². The Morgan fingerprint density at radius 2 is 2.44 bits per heavy atom. The topological polar surface area (TPSA) is 49.1 Å². The summed E-state index contributed by atoms with van der Waals surface area (Å²) in [6, 6.07) is 0.387. The maximum absolute atomic E-state index is 3.93. The molecule has 2 aliphatic heterocycles. The molecule has 2 rings (SSSR count). The van der Waals surface area contributed by atoms with Crippen molar-refractivity contribution in [3.05, 3.63) is 12.3 Å². The molecule has 0 aromatic carbocycles. The van der Waals surface area contributed by atoms with Gasteiger partial charge < -0.3 is 0 Å². The fraction of sp³-hybridized carbons (Fsp3) is 0.400. The molecule has 0 radical (unpaired) electrons. The van der Waals surface area contributed by atoms with E-state index in [1.807, 2.05) is 12.3 Å². The predicted molar refractivity (Wildman–Crippen MR) is 33.2 cm³/mol. The van der Waals surface area contributed by atoms with Crippen LogP contribution in [0.4, 0.5) is 0 Å². The van der Waals surface area contributed by atoms with Gasteiger partial charge in [0.25, 0.3) is 0 Å². The maximum atomic E-state index is 3.93. The van der Waals surface area contributed by atoms with E-state index in [2.05, 4.69) is 20.8 Å². The summed E-state index contributed by atoms with van der Waals surface area (Å²) in [7, 11) is 0. The van der Waals surface area contributed by atoms with Gasteiger partial charge in [0.15, 0.2) is 0 Å². The third kappa shape index (κ3) is 0.630. The second-order valence-electron chi connectivity index (χ2n) is 2.00. The lowest BCUT2D eigenvalue weighted by molar-refractivity contribution is 0.700. The zero-order valence-electron chi connectivity index (χ0n) is 4.73. The highest BCUT2D eigenvalue weighted by Crippen LogP contribution is 2.09. The minimum Gasteiger partial charge on any atom is -0.281 e. The van der Waals surface area contributed by atoms with E-state index in [1.54, 1.807) is 6.20 Å². The van der Waals surface area contributed by atoms with Crippen LogP contribution < -0.4 is 5.43 Å². The number of aliphatic imine (C=N–C) groups is 1. The third-order valence-corrected chi connectivity index (χ3v) is 1.38. The van der Waals surface area contributed by atoms with Crippen LogP contribution in [-0.2, 0) is 0 Å². The number of hydrogen-bond acceptors (Lipinski definition) is 4. The number of nitrogens with zero attached hydrogens (tertiary/aromatic N) is 3. The lowest BCUT2D eigenvalue weighted by Crippen LogP contribution is -2.31. The standard InChI is InChI=1S/C5H6N4/c1-2-6-3-5-4(1)7-9-8-5/h1-5H,(H,7,8). The van der Waals surface area contributed by atoms with E-state index in [-0.39, 0.29) is 12.1 Å². The number of hydrogen-bond donors (Lipinski definition) is 1. The molecule has 2 atom stereocenters. The van der Waals surface area contributed by atoms with Crippen LogP contribution in [0.25, 0.3) is 0 Å². The van der Waals surface area contributed by atoms with Crippen LogP contribution >= 0.6 is 0 Å². The van der Waals surface area contributed by atoms with Crippen LogP contribution in [0.5, 0.6) is 0 Å².